The third kappa shape index (κ3) is 4.74. The van der Waals surface area contributed by atoms with E-state index in [0.717, 1.165) is 29.9 Å². The second kappa shape index (κ2) is 10.6. The first-order valence-electron chi connectivity index (χ1n) is 13.7. The van der Waals surface area contributed by atoms with E-state index in [1.807, 2.05) is 38.1 Å². The summed E-state index contributed by atoms with van der Waals surface area (Å²) in [7, 11) is 0. The highest BCUT2D eigenvalue weighted by Gasteiger charge is 2.33. The summed E-state index contributed by atoms with van der Waals surface area (Å²) in [5.74, 6) is -0.748. The molecule has 2 aromatic carbocycles. The summed E-state index contributed by atoms with van der Waals surface area (Å²) < 4.78 is 20.4. The average Bonchev–Trinajstić information content (AvgIpc) is 3.42. The van der Waals surface area contributed by atoms with Crippen molar-refractivity contribution >= 4 is 29.2 Å². The van der Waals surface area contributed by atoms with Gasteiger partial charge in [-0.1, -0.05) is 24.3 Å². The molecule has 0 unspecified atom stereocenters. The Balaban J connectivity index is 1.30. The van der Waals surface area contributed by atoms with Crippen LogP contribution in [0.25, 0.3) is 22.8 Å². The lowest BCUT2D eigenvalue weighted by Gasteiger charge is -2.32. The Labute approximate surface area is 232 Å². The highest BCUT2D eigenvalue weighted by atomic mass is 19.1. The number of ether oxygens (including phenoxy) is 1. The molecule has 6 rings (SSSR count). The van der Waals surface area contributed by atoms with Crippen LogP contribution in [0.3, 0.4) is 0 Å². The van der Waals surface area contributed by atoms with E-state index in [1.54, 1.807) is 17.0 Å². The minimum Gasteiger partial charge on any atom is -0.390 e. The second-order valence-corrected chi connectivity index (χ2v) is 10.8. The zero-order valence-electron chi connectivity index (χ0n) is 22.7. The van der Waals surface area contributed by atoms with Gasteiger partial charge < -0.3 is 25.0 Å². The predicted octanol–water partition coefficient (Wildman–Crippen LogP) is 3.62. The number of amides is 2. The summed E-state index contributed by atoms with van der Waals surface area (Å²) in [6.45, 7) is 7.85. The number of aromatic nitrogens is 1. The molecule has 3 aliphatic rings. The molecule has 0 bridgehead atoms. The van der Waals surface area contributed by atoms with Crippen LogP contribution in [0.15, 0.2) is 36.4 Å². The Morgan fingerprint density at radius 3 is 2.58 bits per heavy atom. The molecule has 9 heteroatoms. The van der Waals surface area contributed by atoms with E-state index in [1.165, 1.54) is 6.07 Å². The summed E-state index contributed by atoms with van der Waals surface area (Å²) in [6, 6.07) is 10.4. The van der Waals surface area contributed by atoms with Gasteiger partial charge in [0.25, 0.3) is 11.8 Å². The van der Waals surface area contributed by atoms with E-state index in [0.29, 0.717) is 71.9 Å². The van der Waals surface area contributed by atoms with Crippen LogP contribution in [0, 0.1) is 19.7 Å². The van der Waals surface area contributed by atoms with Crippen LogP contribution in [0.2, 0.25) is 0 Å². The number of fused-ring (bicyclic) bond motifs is 2. The molecule has 3 aromatic rings. The molecular formula is C31H33FN4O4. The van der Waals surface area contributed by atoms with Crippen molar-refractivity contribution in [1.29, 1.82) is 0 Å². The number of aromatic amines is 1. The summed E-state index contributed by atoms with van der Waals surface area (Å²) >= 11 is 0. The lowest BCUT2D eigenvalue weighted by Crippen LogP contribution is -2.47. The maximum Gasteiger partial charge on any atom is 0.256 e. The number of carbonyl (C=O) groups excluding carboxylic acids is 2. The van der Waals surface area contributed by atoms with Gasteiger partial charge in [-0.2, -0.15) is 0 Å². The van der Waals surface area contributed by atoms with Gasteiger partial charge in [0.05, 0.1) is 30.5 Å². The normalized spacial score (nSPS) is 19.1. The van der Waals surface area contributed by atoms with Crippen LogP contribution in [0.4, 0.5) is 10.1 Å². The highest BCUT2D eigenvalue weighted by molar-refractivity contribution is 6.36. The molecule has 1 saturated heterocycles. The number of nitrogens with zero attached hydrogens (tertiary/aromatic N) is 2. The van der Waals surface area contributed by atoms with Crippen molar-refractivity contribution in [2.45, 2.75) is 26.4 Å². The lowest BCUT2D eigenvalue weighted by molar-refractivity contribution is -0.110. The Kier molecular flexibility index (Phi) is 7.04. The number of aryl methyl sites for hydroxylation is 1. The summed E-state index contributed by atoms with van der Waals surface area (Å²) in [5, 5.41) is 13.6. The van der Waals surface area contributed by atoms with E-state index < -0.39 is 6.10 Å². The minimum absolute atomic E-state index is 0.125. The number of morpholine rings is 1. The van der Waals surface area contributed by atoms with Gasteiger partial charge in [-0.25, -0.2) is 4.39 Å². The van der Waals surface area contributed by atoms with Gasteiger partial charge >= 0.3 is 0 Å². The second-order valence-electron chi connectivity index (χ2n) is 10.8. The molecule has 2 amide bonds. The minimum atomic E-state index is -0.650. The molecule has 40 heavy (non-hydrogen) atoms. The zero-order chi connectivity index (χ0) is 28.0. The molecule has 1 aromatic heterocycles. The smallest absolute Gasteiger partial charge is 0.256 e. The monoisotopic (exact) mass is 544 g/mol. The van der Waals surface area contributed by atoms with E-state index in [-0.39, 0.29) is 24.2 Å². The number of β-amino-alcohol motifs (C(OH)–C–C–N with tert-alkyl or cyclic N) is 1. The maximum atomic E-state index is 15.0. The van der Waals surface area contributed by atoms with Gasteiger partial charge in [0, 0.05) is 67.3 Å². The van der Waals surface area contributed by atoms with E-state index >= 15 is 0 Å². The average molecular weight is 545 g/mol. The number of H-pyrrole nitrogens is 1. The molecule has 0 spiro atoms. The molecule has 4 heterocycles. The maximum absolute atomic E-state index is 15.0. The number of rotatable bonds is 6. The topological polar surface area (TPSA) is 97.9 Å². The van der Waals surface area contributed by atoms with Crippen LogP contribution in [0.1, 0.15) is 38.4 Å². The molecule has 208 valence electrons. The molecule has 3 N–H and O–H groups in total. The van der Waals surface area contributed by atoms with Crippen LogP contribution < -0.4 is 5.32 Å². The van der Waals surface area contributed by atoms with Crippen LogP contribution in [0.5, 0.6) is 0 Å². The van der Waals surface area contributed by atoms with Gasteiger partial charge in [0.1, 0.15) is 5.82 Å². The SMILES string of the molecule is Cc1cccc(F)c1-c1cccc2c1/C(=C/c1[nH]c3c(c1C)C(=O)N(C[C@@H](O)CN1CCOCC1)CC3)C(=O)N2. The van der Waals surface area contributed by atoms with Gasteiger partial charge in [-0.05, 0) is 48.7 Å². The first-order valence-corrected chi connectivity index (χ1v) is 13.7. The number of benzene rings is 2. The molecule has 0 aliphatic carbocycles. The fourth-order valence-corrected chi connectivity index (χ4v) is 6.09. The van der Waals surface area contributed by atoms with Crippen LogP contribution in [-0.4, -0.2) is 83.7 Å². The Morgan fingerprint density at radius 1 is 1.02 bits per heavy atom. The number of aliphatic hydroxyl groups excluding tert-OH is 1. The number of nitrogens with one attached hydrogen (secondary N) is 2. The zero-order valence-corrected chi connectivity index (χ0v) is 22.7. The number of carbonyl (C=O) groups is 2. The lowest BCUT2D eigenvalue weighted by atomic mass is 9.91. The molecule has 3 aliphatic heterocycles. The number of hydrogen-bond donors (Lipinski definition) is 3. The van der Waals surface area contributed by atoms with Gasteiger partial charge in [0.15, 0.2) is 0 Å². The summed E-state index contributed by atoms with van der Waals surface area (Å²) in [4.78, 5) is 33.9. The first kappa shape index (κ1) is 26.4. The third-order valence-electron chi connectivity index (χ3n) is 8.11. The van der Waals surface area contributed by atoms with Crippen molar-refractivity contribution in [3.63, 3.8) is 0 Å². The fraction of sp³-hybridized carbons (Fsp3) is 0.355. The first-order chi connectivity index (χ1) is 19.3. The van der Waals surface area contributed by atoms with Gasteiger partial charge in [-0.15, -0.1) is 0 Å². The number of halogens is 1. The molecule has 1 atom stereocenters. The summed E-state index contributed by atoms with van der Waals surface area (Å²) in [6.07, 6.45) is 1.74. The highest BCUT2D eigenvalue weighted by Crippen LogP contribution is 2.42. The van der Waals surface area contributed by atoms with Crippen LogP contribution >= 0.6 is 0 Å². The molecular weight excluding hydrogens is 511 g/mol. The molecule has 8 nitrogen and oxygen atoms in total. The van der Waals surface area contributed by atoms with E-state index in [2.05, 4.69) is 15.2 Å². The number of aliphatic hydroxyl groups is 1. The molecule has 0 radical (unpaired) electrons. The third-order valence-corrected chi connectivity index (χ3v) is 8.11. The van der Waals surface area contributed by atoms with E-state index in [4.69, 9.17) is 4.74 Å². The van der Waals surface area contributed by atoms with Crippen LogP contribution in [-0.2, 0) is 16.0 Å². The van der Waals surface area contributed by atoms with Crippen molar-refractivity contribution < 1.29 is 23.8 Å². The Bertz CT molecular complexity index is 1500. The number of hydrogen-bond acceptors (Lipinski definition) is 5. The van der Waals surface area contributed by atoms with Crippen molar-refractivity contribution in [1.82, 2.24) is 14.8 Å². The van der Waals surface area contributed by atoms with Crippen molar-refractivity contribution in [2.24, 2.45) is 0 Å². The Hall–Kier alpha value is -3.79. The standard InChI is InChI=1S/C31H33FN4O4/c1-18-5-3-7-23(32)27(18)21-6-4-8-24-29(21)22(30(38)34-24)15-26-19(2)28-25(33-26)9-10-36(31(28)39)17-20(37)16-35-11-13-40-14-12-35/h3-8,15,20,33,37H,9-14,16-17H2,1-2H3,(H,34,38)/b22-15-/t20-/m0/s1. The van der Waals surface area contributed by atoms with Gasteiger partial charge in [0.2, 0.25) is 0 Å². The van der Waals surface area contributed by atoms with Crippen molar-refractivity contribution in [3.8, 4) is 11.1 Å². The van der Waals surface area contributed by atoms with Crippen molar-refractivity contribution in [3.05, 3.63) is 75.9 Å². The largest absolute Gasteiger partial charge is 0.390 e. The van der Waals surface area contributed by atoms with E-state index in [9.17, 15) is 19.1 Å². The fourth-order valence-electron chi connectivity index (χ4n) is 6.09. The van der Waals surface area contributed by atoms with Crippen molar-refractivity contribution in [2.75, 3.05) is 51.3 Å². The predicted molar refractivity (Wildman–Crippen MR) is 151 cm³/mol. The van der Waals surface area contributed by atoms with Gasteiger partial charge in [-0.3, -0.25) is 14.5 Å². The molecule has 0 saturated carbocycles. The summed E-state index contributed by atoms with van der Waals surface area (Å²) in [5.41, 5.74) is 6.41. The Morgan fingerprint density at radius 2 is 1.80 bits per heavy atom. The number of anilines is 1. The molecule has 1 fully saturated rings. The quantitative estimate of drug-likeness (QED) is 0.412.